The van der Waals surface area contributed by atoms with Crippen molar-refractivity contribution in [2.24, 2.45) is 4.99 Å². The van der Waals surface area contributed by atoms with Gasteiger partial charge in [0.1, 0.15) is 10.6 Å². The van der Waals surface area contributed by atoms with Gasteiger partial charge in [-0.25, -0.2) is 4.99 Å². The lowest BCUT2D eigenvalue weighted by molar-refractivity contribution is -0.112. The van der Waals surface area contributed by atoms with Crippen LogP contribution in [0.4, 0.5) is 0 Å². The fraction of sp³-hybridized carbons (Fsp3) is 0.105. The van der Waals surface area contributed by atoms with Crippen LogP contribution in [0.15, 0.2) is 47.5 Å². The molecule has 0 radical (unpaired) electrons. The molecule has 0 spiro atoms. The molecule has 2 heterocycles. The summed E-state index contributed by atoms with van der Waals surface area (Å²) in [4.78, 5) is 16.9. The molecule has 0 fully saturated rings. The molecule has 0 aliphatic carbocycles. The Hall–Kier alpha value is -2.48. The maximum Gasteiger partial charge on any atom is 0.279 e. The molecule has 4 rings (SSSR count). The van der Waals surface area contributed by atoms with E-state index in [4.69, 9.17) is 28.6 Å². The number of methoxy groups -OCH3 is 1. The van der Waals surface area contributed by atoms with Crippen LogP contribution >= 0.6 is 35.2 Å². The van der Waals surface area contributed by atoms with Crippen molar-refractivity contribution in [2.45, 2.75) is 6.54 Å². The SMILES string of the molecule is COc1ccc(Cn2c(O)c(C3=c4cc(Cl)ccc4=NC3=O)sc2=S)cc1. The van der Waals surface area contributed by atoms with Crippen LogP contribution in [0.5, 0.6) is 11.6 Å². The van der Waals surface area contributed by atoms with Crippen LogP contribution < -0.4 is 15.3 Å². The lowest BCUT2D eigenvalue weighted by atomic mass is 10.1. The summed E-state index contributed by atoms with van der Waals surface area (Å²) in [6, 6.07) is 12.5. The third kappa shape index (κ3) is 3.18. The predicted molar refractivity (Wildman–Crippen MR) is 107 cm³/mol. The van der Waals surface area contributed by atoms with Gasteiger partial charge in [-0.3, -0.25) is 9.36 Å². The number of benzene rings is 2. The lowest BCUT2D eigenvalue weighted by Gasteiger charge is -2.07. The molecular formula is C19H13ClN2O3S2. The highest BCUT2D eigenvalue weighted by molar-refractivity contribution is 7.73. The van der Waals surface area contributed by atoms with Crippen molar-refractivity contribution < 1.29 is 14.6 Å². The van der Waals surface area contributed by atoms with Gasteiger partial charge in [-0.1, -0.05) is 23.7 Å². The van der Waals surface area contributed by atoms with Crippen molar-refractivity contribution in [1.82, 2.24) is 4.57 Å². The van der Waals surface area contributed by atoms with Crippen LogP contribution in [-0.4, -0.2) is 22.7 Å². The third-order valence-corrected chi connectivity index (χ3v) is 5.95. The Labute approximate surface area is 168 Å². The molecule has 0 bridgehead atoms. The van der Waals surface area contributed by atoms with Gasteiger partial charge in [0.25, 0.3) is 5.91 Å². The molecular weight excluding hydrogens is 404 g/mol. The van der Waals surface area contributed by atoms with E-state index in [9.17, 15) is 9.90 Å². The van der Waals surface area contributed by atoms with E-state index >= 15 is 0 Å². The summed E-state index contributed by atoms with van der Waals surface area (Å²) < 4.78 is 7.22. The summed E-state index contributed by atoms with van der Waals surface area (Å²) in [7, 11) is 1.60. The number of ether oxygens (including phenoxy) is 1. The number of thiazole rings is 1. The number of carbonyl (C=O) groups is 1. The number of amides is 1. The van der Waals surface area contributed by atoms with Crippen LogP contribution in [-0.2, 0) is 11.3 Å². The number of hydrogen-bond donors (Lipinski definition) is 1. The largest absolute Gasteiger partial charge is 0.497 e. The molecule has 1 aromatic heterocycles. The Bertz CT molecular complexity index is 1240. The number of aromatic nitrogens is 1. The van der Waals surface area contributed by atoms with Gasteiger partial charge >= 0.3 is 0 Å². The van der Waals surface area contributed by atoms with Crippen molar-refractivity contribution in [3.05, 3.63) is 72.5 Å². The number of carbonyl (C=O) groups excluding carboxylic acids is 1. The van der Waals surface area contributed by atoms with Gasteiger partial charge in [-0.05, 0) is 48.1 Å². The van der Waals surface area contributed by atoms with Gasteiger partial charge < -0.3 is 9.84 Å². The minimum Gasteiger partial charge on any atom is -0.497 e. The molecule has 0 saturated heterocycles. The summed E-state index contributed by atoms with van der Waals surface area (Å²) >= 11 is 12.7. The Balaban J connectivity index is 1.82. The highest BCUT2D eigenvalue weighted by Crippen LogP contribution is 2.33. The average molecular weight is 417 g/mol. The smallest absolute Gasteiger partial charge is 0.279 e. The molecule has 1 aliphatic heterocycles. The summed E-state index contributed by atoms with van der Waals surface area (Å²) in [5.41, 5.74) is 1.28. The molecule has 5 nitrogen and oxygen atoms in total. The zero-order valence-corrected chi connectivity index (χ0v) is 16.5. The molecule has 0 unspecified atom stereocenters. The molecule has 2 aromatic carbocycles. The minimum atomic E-state index is -0.407. The number of rotatable bonds is 4. The number of halogens is 1. The van der Waals surface area contributed by atoms with E-state index in [0.29, 0.717) is 36.5 Å². The predicted octanol–water partition coefficient (Wildman–Crippen LogP) is 3.05. The zero-order valence-electron chi connectivity index (χ0n) is 14.1. The highest BCUT2D eigenvalue weighted by Gasteiger charge is 2.25. The first-order chi connectivity index (χ1) is 13.0. The average Bonchev–Trinajstić information content (AvgIpc) is 3.12. The number of hydrogen-bond acceptors (Lipinski definition) is 5. The van der Waals surface area contributed by atoms with Crippen molar-refractivity contribution in [2.75, 3.05) is 7.11 Å². The first-order valence-electron chi connectivity index (χ1n) is 7.97. The van der Waals surface area contributed by atoms with E-state index in [0.717, 1.165) is 11.3 Å². The molecule has 27 heavy (non-hydrogen) atoms. The van der Waals surface area contributed by atoms with Crippen molar-refractivity contribution in [3.8, 4) is 11.6 Å². The van der Waals surface area contributed by atoms with Crippen LogP contribution in [0.2, 0.25) is 5.02 Å². The van der Waals surface area contributed by atoms with E-state index in [1.807, 2.05) is 24.3 Å². The summed E-state index contributed by atoms with van der Waals surface area (Å²) in [5, 5.41) is 12.4. The fourth-order valence-corrected chi connectivity index (χ4v) is 4.43. The zero-order chi connectivity index (χ0) is 19.1. The van der Waals surface area contributed by atoms with E-state index in [1.54, 1.807) is 29.9 Å². The maximum atomic E-state index is 12.4. The first kappa shape index (κ1) is 17.9. The van der Waals surface area contributed by atoms with Gasteiger partial charge in [0, 0.05) is 10.2 Å². The van der Waals surface area contributed by atoms with Crippen molar-refractivity contribution in [1.29, 1.82) is 0 Å². The first-order valence-corrected chi connectivity index (χ1v) is 9.57. The molecule has 8 heteroatoms. The van der Waals surface area contributed by atoms with Gasteiger partial charge in [0.2, 0.25) is 5.88 Å². The molecule has 3 aromatic rings. The molecule has 1 N–H and O–H groups in total. The standard InChI is InChI=1S/C19H13ClN2O3S2/c1-25-12-5-2-10(3-6-12)9-22-18(24)16(27-19(22)26)15-13-8-11(20)4-7-14(13)21-17(15)23/h2-8,24H,9H2,1H3. The van der Waals surface area contributed by atoms with Crippen molar-refractivity contribution in [3.63, 3.8) is 0 Å². The van der Waals surface area contributed by atoms with Gasteiger partial charge in [-0.15, -0.1) is 11.3 Å². The molecule has 1 amide bonds. The lowest BCUT2D eigenvalue weighted by Crippen LogP contribution is -2.22. The van der Waals surface area contributed by atoms with Crippen LogP contribution in [0.3, 0.4) is 0 Å². The second-order valence-electron chi connectivity index (χ2n) is 5.91. The van der Waals surface area contributed by atoms with E-state index < -0.39 is 5.91 Å². The Morgan fingerprint density at radius 2 is 2.00 bits per heavy atom. The second kappa shape index (κ2) is 6.92. The minimum absolute atomic E-state index is 0.0489. The fourth-order valence-electron chi connectivity index (χ4n) is 2.92. The van der Waals surface area contributed by atoms with Gasteiger partial charge in [0.15, 0.2) is 3.95 Å². The monoisotopic (exact) mass is 416 g/mol. The summed E-state index contributed by atoms with van der Waals surface area (Å²) in [6.45, 7) is 0.381. The third-order valence-electron chi connectivity index (χ3n) is 4.26. The van der Waals surface area contributed by atoms with Crippen molar-refractivity contribution >= 4 is 46.6 Å². The normalized spacial score (nSPS) is 12.8. The van der Waals surface area contributed by atoms with Crippen LogP contribution in [0.25, 0.3) is 5.57 Å². The topological polar surface area (TPSA) is 63.8 Å². The Morgan fingerprint density at radius 1 is 1.26 bits per heavy atom. The van der Waals surface area contributed by atoms with E-state index in [-0.39, 0.29) is 5.88 Å². The van der Waals surface area contributed by atoms with Gasteiger partial charge in [0.05, 0.1) is 24.6 Å². The quantitative estimate of drug-likeness (QED) is 0.664. The number of nitrogens with zero attached hydrogens (tertiary/aromatic N) is 2. The maximum absolute atomic E-state index is 12.4. The highest BCUT2D eigenvalue weighted by atomic mass is 35.5. The molecule has 136 valence electrons. The van der Waals surface area contributed by atoms with E-state index in [1.165, 1.54) is 11.3 Å². The summed E-state index contributed by atoms with van der Waals surface area (Å²) in [5.74, 6) is 0.294. The number of fused-ring (bicyclic) bond motifs is 1. The summed E-state index contributed by atoms with van der Waals surface area (Å²) in [6.07, 6.45) is 0. The van der Waals surface area contributed by atoms with Gasteiger partial charge in [-0.2, -0.15) is 0 Å². The molecule has 0 saturated carbocycles. The molecule has 0 atom stereocenters. The number of aromatic hydroxyl groups is 1. The second-order valence-corrected chi connectivity index (χ2v) is 7.99. The van der Waals surface area contributed by atoms with Crippen LogP contribution in [0.1, 0.15) is 10.4 Å². The Morgan fingerprint density at radius 3 is 2.70 bits per heavy atom. The Kier molecular flexibility index (Phi) is 4.59. The molecule has 1 aliphatic rings. The van der Waals surface area contributed by atoms with E-state index in [2.05, 4.69) is 4.99 Å². The van der Waals surface area contributed by atoms with Crippen LogP contribution in [0, 0.1) is 3.95 Å².